The van der Waals surface area contributed by atoms with Crippen LogP contribution in [0.1, 0.15) is 45.4 Å². The smallest absolute Gasteiger partial charge is 0.237 e. The molecule has 3 N–H and O–H groups in total. The minimum absolute atomic E-state index is 0.0233. The van der Waals surface area contributed by atoms with Crippen LogP contribution in [0, 0.1) is 0 Å². The molecule has 1 heterocycles. The minimum atomic E-state index is -0.360. The van der Waals surface area contributed by atoms with Gasteiger partial charge >= 0.3 is 0 Å². The molecular weight excluding hydrogens is 230 g/mol. The molecule has 1 aliphatic heterocycles. The Bertz CT molecular complexity index is 319. The first kappa shape index (κ1) is 13.3. The van der Waals surface area contributed by atoms with Crippen LogP contribution in [0.25, 0.3) is 0 Å². The molecule has 1 aliphatic carbocycles. The van der Waals surface area contributed by atoms with E-state index in [4.69, 9.17) is 0 Å². The van der Waals surface area contributed by atoms with Crippen LogP contribution < -0.4 is 16.0 Å². The number of nitrogens with one attached hydrogen (secondary N) is 3. The van der Waals surface area contributed by atoms with Crippen molar-refractivity contribution in [1.82, 2.24) is 16.0 Å². The van der Waals surface area contributed by atoms with Crippen LogP contribution >= 0.6 is 0 Å². The van der Waals surface area contributed by atoms with E-state index in [1.807, 2.05) is 6.92 Å². The van der Waals surface area contributed by atoms with Crippen LogP contribution in [0.5, 0.6) is 0 Å². The Kier molecular flexibility index (Phi) is 4.58. The van der Waals surface area contributed by atoms with Crippen molar-refractivity contribution in [3.63, 3.8) is 0 Å². The van der Waals surface area contributed by atoms with Crippen LogP contribution in [0.4, 0.5) is 0 Å². The topological polar surface area (TPSA) is 70.2 Å². The summed E-state index contributed by atoms with van der Waals surface area (Å²) in [5.74, 6) is -0.0662. The van der Waals surface area contributed by atoms with E-state index in [9.17, 15) is 9.59 Å². The van der Waals surface area contributed by atoms with Gasteiger partial charge in [0.05, 0.1) is 12.5 Å². The van der Waals surface area contributed by atoms with Gasteiger partial charge in [0.25, 0.3) is 0 Å². The Balaban J connectivity index is 1.85. The number of hydrogen-bond donors (Lipinski definition) is 3. The molecule has 0 unspecified atom stereocenters. The van der Waals surface area contributed by atoms with Gasteiger partial charge in [-0.1, -0.05) is 19.8 Å². The zero-order valence-corrected chi connectivity index (χ0v) is 11.0. The molecule has 3 atom stereocenters. The van der Waals surface area contributed by atoms with Crippen molar-refractivity contribution in [2.24, 2.45) is 0 Å². The van der Waals surface area contributed by atoms with Crippen LogP contribution in [-0.4, -0.2) is 36.5 Å². The average Bonchev–Trinajstić information content (AvgIpc) is 2.37. The number of fused-ring (bicyclic) bond motifs is 1. The van der Waals surface area contributed by atoms with Gasteiger partial charge in [-0.3, -0.25) is 9.59 Å². The highest BCUT2D eigenvalue weighted by atomic mass is 16.2. The van der Waals surface area contributed by atoms with Crippen molar-refractivity contribution in [1.29, 1.82) is 0 Å². The largest absolute Gasteiger partial charge is 0.356 e. The molecule has 0 bridgehead atoms. The zero-order valence-electron chi connectivity index (χ0n) is 11.0. The van der Waals surface area contributed by atoms with Crippen LogP contribution in [0.3, 0.4) is 0 Å². The maximum atomic E-state index is 11.9. The van der Waals surface area contributed by atoms with E-state index in [-0.39, 0.29) is 30.3 Å². The van der Waals surface area contributed by atoms with Crippen molar-refractivity contribution >= 4 is 11.8 Å². The lowest BCUT2D eigenvalue weighted by Crippen LogP contribution is -2.65. The van der Waals surface area contributed by atoms with Gasteiger partial charge in [0, 0.05) is 18.6 Å². The lowest BCUT2D eigenvalue weighted by atomic mass is 9.87. The third-order valence-electron chi connectivity index (χ3n) is 3.79. The van der Waals surface area contributed by atoms with E-state index >= 15 is 0 Å². The van der Waals surface area contributed by atoms with Gasteiger partial charge in [0.1, 0.15) is 0 Å². The van der Waals surface area contributed by atoms with Gasteiger partial charge in [-0.25, -0.2) is 0 Å². The highest BCUT2D eigenvalue weighted by Gasteiger charge is 2.36. The summed E-state index contributed by atoms with van der Waals surface area (Å²) in [6, 6.07) is 0.253. The summed E-state index contributed by atoms with van der Waals surface area (Å²) >= 11 is 0. The van der Waals surface area contributed by atoms with E-state index in [2.05, 4.69) is 16.0 Å². The van der Waals surface area contributed by atoms with Gasteiger partial charge < -0.3 is 16.0 Å². The molecule has 0 spiro atoms. The molecule has 0 aromatic rings. The summed E-state index contributed by atoms with van der Waals surface area (Å²) in [6.45, 7) is 2.69. The molecule has 1 saturated carbocycles. The van der Waals surface area contributed by atoms with E-state index < -0.39 is 0 Å². The van der Waals surface area contributed by atoms with Crippen molar-refractivity contribution in [2.45, 2.75) is 63.6 Å². The molecule has 5 nitrogen and oxygen atoms in total. The molecule has 1 saturated heterocycles. The lowest BCUT2D eigenvalue weighted by Gasteiger charge is -2.40. The molecule has 2 rings (SSSR count). The monoisotopic (exact) mass is 253 g/mol. The molecule has 0 aromatic heterocycles. The predicted octanol–water partition coefficient (Wildman–Crippen LogP) is 0.302. The standard InChI is InChI=1S/C13H23N3O2/c1-2-7-14-12(17)8-11-13(18)16-10-6-4-3-5-9(10)15-11/h9-11,15H,2-8H2,1H3,(H,14,17)(H,16,18)/t9-,10+,11-/m0/s1. The van der Waals surface area contributed by atoms with Gasteiger partial charge in [0.2, 0.25) is 11.8 Å². The second-order valence-corrected chi connectivity index (χ2v) is 5.28. The quantitative estimate of drug-likeness (QED) is 0.675. The maximum absolute atomic E-state index is 11.9. The Morgan fingerprint density at radius 1 is 1.33 bits per heavy atom. The summed E-state index contributed by atoms with van der Waals surface area (Å²) in [4.78, 5) is 23.5. The zero-order chi connectivity index (χ0) is 13.0. The van der Waals surface area contributed by atoms with Gasteiger partial charge in [-0.05, 0) is 19.3 Å². The number of carbonyl (C=O) groups is 2. The Morgan fingerprint density at radius 3 is 2.78 bits per heavy atom. The molecule has 5 heteroatoms. The first-order valence-electron chi connectivity index (χ1n) is 7.04. The van der Waals surface area contributed by atoms with E-state index in [0.29, 0.717) is 12.6 Å². The fourth-order valence-electron chi connectivity index (χ4n) is 2.79. The summed E-state index contributed by atoms with van der Waals surface area (Å²) in [5, 5.41) is 9.20. The first-order chi connectivity index (χ1) is 8.70. The summed E-state index contributed by atoms with van der Waals surface area (Å²) in [7, 11) is 0. The summed E-state index contributed by atoms with van der Waals surface area (Å²) in [5.41, 5.74) is 0. The van der Waals surface area contributed by atoms with Gasteiger partial charge in [0.15, 0.2) is 0 Å². The van der Waals surface area contributed by atoms with Crippen molar-refractivity contribution in [2.75, 3.05) is 6.54 Å². The molecule has 2 aliphatic rings. The Hall–Kier alpha value is -1.10. The normalized spacial score (nSPS) is 31.4. The highest BCUT2D eigenvalue weighted by molar-refractivity contribution is 5.89. The molecular formula is C13H23N3O2. The fraction of sp³-hybridized carbons (Fsp3) is 0.846. The number of carbonyl (C=O) groups excluding carboxylic acids is 2. The second kappa shape index (κ2) is 6.18. The van der Waals surface area contributed by atoms with Crippen molar-refractivity contribution in [3.8, 4) is 0 Å². The minimum Gasteiger partial charge on any atom is -0.356 e. The van der Waals surface area contributed by atoms with E-state index in [1.165, 1.54) is 12.8 Å². The van der Waals surface area contributed by atoms with Crippen molar-refractivity contribution < 1.29 is 9.59 Å². The average molecular weight is 253 g/mol. The number of piperazine rings is 1. The van der Waals surface area contributed by atoms with Gasteiger partial charge in [-0.2, -0.15) is 0 Å². The third kappa shape index (κ3) is 3.22. The molecule has 0 aromatic carbocycles. The second-order valence-electron chi connectivity index (χ2n) is 5.28. The van der Waals surface area contributed by atoms with E-state index in [1.54, 1.807) is 0 Å². The summed E-state index contributed by atoms with van der Waals surface area (Å²) < 4.78 is 0. The van der Waals surface area contributed by atoms with Crippen LogP contribution in [0.15, 0.2) is 0 Å². The maximum Gasteiger partial charge on any atom is 0.237 e. The van der Waals surface area contributed by atoms with Crippen molar-refractivity contribution in [3.05, 3.63) is 0 Å². The van der Waals surface area contributed by atoms with Gasteiger partial charge in [-0.15, -0.1) is 0 Å². The molecule has 2 amide bonds. The van der Waals surface area contributed by atoms with Crippen LogP contribution in [-0.2, 0) is 9.59 Å². The molecule has 18 heavy (non-hydrogen) atoms. The predicted molar refractivity (Wildman–Crippen MR) is 69.0 cm³/mol. The molecule has 102 valence electrons. The third-order valence-corrected chi connectivity index (χ3v) is 3.79. The highest BCUT2D eigenvalue weighted by Crippen LogP contribution is 2.22. The number of amides is 2. The number of hydrogen-bond acceptors (Lipinski definition) is 3. The molecule has 2 fully saturated rings. The first-order valence-corrected chi connectivity index (χ1v) is 7.04. The number of rotatable bonds is 4. The lowest BCUT2D eigenvalue weighted by molar-refractivity contribution is -0.131. The Labute approximate surface area is 108 Å². The van der Waals surface area contributed by atoms with Crippen LogP contribution in [0.2, 0.25) is 0 Å². The van der Waals surface area contributed by atoms with E-state index in [0.717, 1.165) is 19.3 Å². The summed E-state index contributed by atoms with van der Waals surface area (Å²) in [6.07, 6.45) is 5.70. The molecule has 0 radical (unpaired) electrons. The SMILES string of the molecule is CCCNC(=O)C[C@@H]1N[C@H]2CCCC[C@H]2NC1=O. The Morgan fingerprint density at radius 2 is 2.06 bits per heavy atom. The fourth-order valence-corrected chi connectivity index (χ4v) is 2.79.